The van der Waals surface area contributed by atoms with Crippen LogP contribution in [0, 0.1) is 0 Å². The number of carboxylic acid groups (broad SMARTS) is 1. The van der Waals surface area contributed by atoms with Gasteiger partial charge >= 0.3 is 5.97 Å². The van der Waals surface area contributed by atoms with E-state index in [1.807, 2.05) is 0 Å². The minimum absolute atomic E-state index is 0.197. The Labute approximate surface area is 92.5 Å². The van der Waals surface area contributed by atoms with Crippen LogP contribution in [0.25, 0.3) is 0 Å². The molecule has 0 saturated heterocycles. The highest BCUT2D eigenvalue weighted by atomic mass is 35.5. The summed E-state index contributed by atoms with van der Waals surface area (Å²) in [6.45, 7) is 0.669. The van der Waals surface area contributed by atoms with Gasteiger partial charge in [0, 0.05) is 13.0 Å². The van der Waals surface area contributed by atoms with Crippen molar-refractivity contribution in [1.29, 1.82) is 0 Å². The molecule has 0 spiro atoms. The normalized spacial score (nSPS) is 9.93. The van der Waals surface area contributed by atoms with Crippen LogP contribution >= 0.6 is 11.6 Å². The second-order valence-electron chi connectivity index (χ2n) is 3.00. The number of nitrogens with one attached hydrogen (secondary N) is 1. The number of hydrogen-bond donors (Lipinski definition) is 2. The maximum Gasteiger partial charge on any atom is 0.303 e. The van der Waals surface area contributed by atoms with Gasteiger partial charge in [-0.3, -0.25) is 9.78 Å². The van der Waals surface area contributed by atoms with Gasteiger partial charge in [0.25, 0.3) is 0 Å². The molecule has 0 aliphatic heterocycles. The molecule has 0 bridgehead atoms. The minimum Gasteiger partial charge on any atom is -0.481 e. The maximum absolute atomic E-state index is 10.2. The molecule has 82 valence electrons. The molecule has 5 nitrogen and oxygen atoms in total. The van der Waals surface area contributed by atoms with Gasteiger partial charge in [0.05, 0.1) is 12.4 Å². The minimum atomic E-state index is -0.766. The van der Waals surface area contributed by atoms with E-state index in [0.29, 0.717) is 23.9 Å². The average Bonchev–Trinajstić information content (AvgIpc) is 2.17. The van der Waals surface area contributed by atoms with Gasteiger partial charge in [0.15, 0.2) is 0 Å². The topological polar surface area (TPSA) is 75.1 Å². The van der Waals surface area contributed by atoms with Gasteiger partial charge in [-0.1, -0.05) is 11.6 Å². The highest BCUT2D eigenvalue weighted by Crippen LogP contribution is 2.06. The zero-order chi connectivity index (χ0) is 11.1. The summed E-state index contributed by atoms with van der Waals surface area (Å²) >= 11 is 5.64. The molecule has 0 fully saturated rings. The van der Waals surface area contributed by atoms with Crippen molar-refractivity contribution in [1.82, 2.24) is 9.97 Å². The fourth-order valence-electron chi connectivity index (χ4n) is 1.05. The lowest BCUT2D eigenvalue weighted by molar-refractivity contribution is -0.137. The Bertz CT molecular complexity index is 333. The molecule has 0 amide bonds. The largest absolute Gasteiger partial charge is 0.481 e. The molecule has 0 aliphatic carbocycles. The van der Waals surface area contributed by atoms with Crippen LogP contribution in [-0.4, -0.2) is 27.6 Å². The Morgan fingerprint density at radius 3 is 2.93 bits per heavy atom. The molecule has 0 aliphatic rings. The third kappa shape index (κ3) is 5.17. The number of nitrogens with zero attached hydrogens (tertiary/aromatic N) is 2. The van der Waals surface area contributed by atoms with E-state index >= 15 is 0 Å². The lowest BCUT2D eigenvalue weighted by Crippen LogP contribution is -2.04. The Morgan fingerprint density at radius 2 is 2.27 bits per heavy atom. The van der Waals surface area contributed by atoms with E-state index in [4.69, 9.17) is 16.7 Å². The molecule has 2 N–H and O–H groups in total. The first-order valence-electron chi connectivity index (χ1n) is 4.61. The molecular weight excluding hydrogens is 218 g/mol. The number of halogens is 1. The lowest BCUT2D eigenvalue weighted by Gasteiger charge is -2.03. The quantitative estimate of drug-likeness (QED) is 0.728. The van der Waals surface area contributed by atoms with Crippen molar-refractivity contribution in [2.24, 2.45) is 0 Å². The molecule has 1 aromatic heterocycles. The summed E-state index contributed by atoms with van der Waals surface area (Å²) < 4.78 is 0. The van der Waals surface area contributed by atoms with Crippen molar-refractivity contribution >= 4 is 23.4 Å². The van der Waals surface area contributed by atoms with Crippen LogP contribution in [0.4, 0.5) is 5.82 Å². The number of carbonyl (C=O) groups is 1. The van der Waals surface area contributed by atoms with Gasteiger partial charge in [0.2, 0.25) is 0 Å². The van der Waals surface area contributed by atoms with Crippen LogP contribution in [0.5, 0.6) is 0 Å². The summed E-state index contributed by atoms with van der Waals surface area (Å²) in [5, 5.41) is 11.8. The van der Waals surface area contributed by atoms with E-state index in [0.717, 1.165) is 6.42 Å². The molecule has 1 aromatic rings. The second kappa shape index (κ2) is 6.19. The first kappa shape index (κ1) is 11.7. The van der Waals surface area contributed by atoms with E-state index in [-0.39, 0.29) is 6.42 Å². The molecule has 15 heavy (non-hydrogen) atoms. The number of carboxylic acids is 1. The molecule has 1 heterocycles. The SMILES string of the molecule is O=C(O)CCCCNc1cncc(Cl)n1. The van der Waals surface area contributed by atoms with Crippen LogP contribution in [-0.2, 0) is 4.79 Å². The first-order chi connectivity index (χ1) is 7.18. The monoisotopic (exact) mass is 229 g/mol. The molecular formula is C9H12ClN3O2. The number of anilines is 1. The summed E-state index contributed by atoms with van der Waals surface area (Å²) in [7, 11) is 0. The fraction of sp³-hybridized carbons (Fsp3) is 0.444. The van der Waals surface area contributed by atoms with Crippen molar-refractivity contribution < 1.29 is 9.90 Å². The average molecular weight is 230 g/mol. The number of aliphatic carboxylic acids is 1. The van der Waals surface area contributed by atoms with Crippen LogP contribution in [0.3, 0.4) is 0 Å². The van der Waals surface area contributed by atoms with E-state index in [9.17, 15) is 4.79 Å². The Kier molecular flexibility index (Phi) is 4.83. The number of hydrogen-bond acceptors (Lipinski definition) is 4. The van der Waals surface area contributed by atoms with Gasteiger partial charge in [-0.25, -0.2) is 4.98 Å². The zero-order valence-corrected chi connectivity index (χ0v) is 8.87. The molecule has 0 unspecified atom stereocenters. The third-order valence-electron chi connectivity index (χ3n) is 1.73. The summed E-state index contributed by atoms with van der Waals surface area (Å²) in [5.74, 6) is -0.157. The Hall–Kier alpha value is -1.36. The van der Waals surface area contributed by atoms with Gasteiger partial charge in [-0.15, -0.1) is 0 Å². The first-order valence-corrected chi connectivity index (χ1v) is 4.99. The highest BCUT2D eigenvalue weighted by molar-refractivity contribution is 6.29. The molecule has 1 rings (SSSR count). The molecule has 0 aromatic carbocycles. The van der Waals surface area contributed by atoms with Gasteiger partial charge in [-0.2, -0.15) is 0 Å². The van der Waals surface area contributed by atoms with Crippen molar-refractivity contribution in [2.45, 2.75) is 19.3 Å². The van der Waals surface area contributed by atoms with E-state index in [1.165, 1.54) is 6.20 Å². The number of unbranched alkanes of at least 4 members (excludes halogenated alkanes) is 1. The lowest BCUT2D eigenvalue weighted by atomic mass is 10.2. The third-order valence-corrected chi connectivity index (χ3v) is 1.91. The maximum atomic E-state index is 10.2. The summed E-state index contributed by atoms with van der Waals surface area (Å²) in [6.07, 6.45) is 4.65. The number of rotatable bonds is 6. The van der Waals surface area contributed by atoms with Gasteiger partial charge < -0.3 is 10.4 Å². The molecule has 0 radical (unpaired) electrons. The van der Waals surface area contributed by atoms with Crippen LogP contribution < -0.4 is 5.32 Å². The van der Waals surface area contributed by atoms with Crippen molar-refractivity contribution in [2.75, 3.05) is 11.9 Å². The van der Waals surface area contributed by atoms with Crippen LogP contribution in [0.2, 0.25) is 5.15 Å². The Morgan fingerprint density at radius 1 is 1.47 bits per heavy atom. The van der Waals surface area contributed by atoms with E-state index < -0.39 is 5.97 Å². The van der Waals surface area contributed by atoms with Gasteiger partial charge in [-0.05, 0) is 12.8 Å². The molecule has 0 saturated carbocycles. The van der Waals surface area contributed by atoms with Crippen molar-refractivity contribution in [3.63, 3.8) is 0 Å². The Balaban J connectivity index is 2.17. The number of aromatic nitrogens is 2. The summed E-state index contributed by atoms with van der Waals surface area (Å²) in [5.41, 5.74) is 0. The van der Waals surface area contributed by atoms with Crippen molar-refractivity contribution in [3.8, 4) is 0 Å². The van der Waals surface area contributed by atoms with E-state index in [2.05, 4.69) is 15.3 Å². The van der Waals surface area contributed by atoms with E-state index in [1.54, 1.807) is 6.20 Å². The molecule has 0 atom stereocenters. The van der Waals surface area contributed by atoms with Crippen molar-refractivity contribution in [3.05, 3.63) is 17.5 Å². The van der Waals surface area contributed by atoms with Crippen LogP contribution in [0.15, 0.2) is 12.4 Å². The smallest absolute Gasteiger partial charge is 0.303 e. The highest BCUT2D eigenvalue weighted by Gasteiger charge is 1.97. The van der Waals surface area contributed by atoms with Gasteiger partial charge in [0.1, 0.15) is 11.0 Å². The molecule has 6 heteroatoms. The second-order valence-corrected chi connectivity index (χ2v) is 3.39. The summed E-state index contributed by atoms with van der Waals surface area (Å²) in [6, 6.07) is 0. The van der Waals surface area contributed by atoms with Crippen LogP contribution in [0.1, 0.15) is 19.3 Å². The summed E-state index contributed by atoms with van der Waals surface area (Å²) in [4.78, 5) is 18.1. The predicted octanol–water partition coefficient (Wildman–Crippen LogP) is 1.80. The predicted molar refractivity (Wildman–Crippen MR) is 57.0 cm³/mol. The standard InChI is InChI=1S/C9H12ClN3O2/c10-7-5-11-6-8(13-7)12-4-2-1-3-9(14)15/h5-6H,1-4H2,(H,12,13)(H,14,15). The zero-order valence-electron chi connectivity index (χ0n) is 8.11. The fourth-order valence-corrected chi connectivity index (χ4v) is 1.19.